The lowest BCUT2D eigenvalue weighted by Crippen LogP contribution is -2.41. The molecule has 2 rings (SSSR count). The Balaban J connectivity index is 1.74. The summed E-state index contributed by atoms with van der Waals surface area (Å²) in [5, 5.41) is 6.85. The van der Waals surface area contributed by atoms with Crippen molar-refractivity contribution < 1.29 is 14.2 Å². The third-order valence-electron chi connectivity index (χ3n) is 4.95. The van der Waals surface area contributed by atoms with Gasteiger partial charge in [0.05, 0.1) is 14.2 Å². The van der Waals surface area contributed by atoms with Crippen LogP contribution in [-0.4, -0.2) is 53.5 Å². The van der Waals surface area contributed by atoms with Crippen molar-refractivity contribution in [3.05, 3.63) is 23.8 Å². The molecule has 0 aromatic heterocycles. The van der Waals surface area contributed by atoms with E-state index in [4.69, 9.17) is 14.2 Å². The van der Waals surface area contributed by atoms with Crippen LogP contribution < -0.4 is 20.1 Å². The number of ether oxygens (including phenoxy) is 3. The molecule has 2 N–H and O–H groups in total. The van der Waals surface area contributed by atoms with Gasteiger partial charge in [0, 0.05) is 33.4 Å². The van der Waals surface area contributed by atoms with Crippen LogP contribution in [0.5, 0.6) is 11.5 Å². The van der Waals surface area contributed by atoms with Crippen LogP contribution in [0, 0.1) is 5.41 Å². The van der Waals surface area contributed by atoms with Crippen LogP contribution >= 0.6 is 0 Å². The molecule has 1 saturated carbocycles. The fourth-order valence-electron chi connectivity index (χ4n) is 2.98. The molecular formula is C20H33N3O3. The molecule has 0 radical (unpaired) electrons. The zero-order valence-corrected chi connectivity index (χ0v) is 16.6. The number of hydrogen-bond donors (Lipinski definition) is 2. The molecular weight excluding hydrogens is 330 g/mol. The first-order chi connectivity index (χ1) is 12.7. The lowest BCUT2D eigenvalue weighted by Gasteiger charge is -2.18. The number of aliphatic imine (C=N–C) groups is 1. The Morgan fingerprint density at radius 2 is 1.92 bits per heavy atom. The third kappa shape index (κ3) is 6.09. The zero-order valence-electron chi connectivity index (χ0n) is 16.6. The van der Waals surface area contributed by atoms with Gasteiger partial charge < -0.3 is 24.8 Å². The second kappa shape index (κ2) is 10.3. The Morgan fingerprint density at radius 3 is 2.54 bits per heavy atom. The van der Waals surface area contributed by atoms with E-state index in [1.807, 2.05) is 26.1 Å². The first-order valence-electron chi connectivity index (χ1n) is 9.39. The molecule has 0 aliphatic heterocycles. The molecule has 146 valence electrons. The maximum absolute atomic E-state index is 5.50. The summed E-state index contributed by atoms with van der Waals surface area (Å²) in [5.41, 5.74) is 1.59. The molecule has 0 unspecified atom stereocenters. The number of rotatable bonds is 11. The lowest BCUT2D eigenvalue weighted by atomic mass is 10.0. The molecule has 1 aromatic carbocycles. The molecule has 0 atom stereocenters. The number of nitrogens with one attached hydrogen (secondary N) is 2. The minimum absolute atomic E-state index is 0.399. The van der Waals surface area contributed by atoms with Gasteiger partial charge in [0.2, 0.25) is 0 Å². The summed E-state index contributed by atoms with van der Waals surface area (Å²) in [5.74, 6) is 2.37. The van der Waals surface area contributed by atoms with Crippen LogP contribution in [0.3, 0.4) is 0 Å². The Hall–Kier alpha value is -1.95. The SMILES string of the molecule is CCOCCC1(CNC(=NC)NCCc2ccc(OC)c(OC)c2)CC1. The van der Waals surface area contributed by atoms with Crippen molar-refractivity contribution >= 4 is 5.96 Å². The summed E-state index contributed by atoms with van der Waals surface area (Å²) in [7, 11) is 5.12. The second-order valence-electron chi connectivity index (χ2n) is 6.74. The van der Waals surface area contributed by atoms with Crippen molar-refractivity contribution in [2.45, 2.75) is 32.6 Å². The minimum atomic E-state index is 0.399. The topological polar surface area (TPSA) is 64.1 Å². The second-order valence-corrected chi connectivity index (χ2v) is 6.74. The quantitative estimate of drug-likeness (QED) is 0.359. The average molecular weight is 364 g/mol. The van der Waals surface area contributed by atoms with Gasteiger partial charge in [-0.05, 0) is 55.7 Å². The van der Waals surface area contributed by atoms with Crippen molar-refractivity contribution in [2.24, 2.45) is 10.4 Å². The van der Waals surface area contributed by atoms with Gasteiger partial charge in [0.15, 0.2) is 17.5 Å². The highest BCUT2D eigenvalue weighted by molar-refractivity contribution is 5.79. The summed E-state index contributed by atoms with van der Waals surface area (Å²) in [6.45, 7) is 5.45. The number of guanidine groups is 1. The maximum Gasteiger partial charge on any atom is 0.191 e. The Kier molecular flexibility index (Phi) is 8.04. The van der Waals surface area contributed by atoms with E-state index < -0.39 is 0 Å². The van der Waals surface area contributed by atoms with E-state index in [9.17, 15) is 0 Å². The molecule has 6 nitrogen and oxygen atoms in total. The highest BCUT2D eigenvalue weighted by Crippen LogP contribution is 2.48. The van der Waals surface area contributed by atoms with Crippen LogP contribution in [0.1, 0.15) is 31.7 Å². The van der Waals surface area contributed by atoms with Crippen LogP contribution in [-0.2, 0) is 11.2 Å². The highest BCUT2D eigenvalue weighted by Gasteiger charge is 2.41. The summed E-state index contributed by atoms with van der Waals surface area (Å²) in [6.07, 6.45) is 4.55. The van der Waals surface area contributed by atoms with Crippen molar-refractivity contribution in [1.29, 1.82) is 0 Å². The fourth-order valence-corrected chi connectivity index (χ4v) is 2.98. The van der Waals surface area contributed by atoms with E-state index >= 15 is 0 Å². The van der Waals surface area contributed by atoms with Crippen molar-refractivity contribution in [3.8, 4) is 11.5 Å². The molecule has 0 bridgehead atoms. The summed E-state index contributed by atoms with van der Waals surface area (Å²) in [4.78, 5) is 4.33. The predicted octanol–water partition coefficient (Wildman–Crippen LogP) is 2.62. The van der Waals surface area contributed by atoms with E-state index in [-0.39, 0.29) is 0 Å². The third-order valence-corrected chi connectivity index (χ3v) is 4.95. The van der Waals surface area contributed by atoms with E-state index in [1.54, 1.807) is 14.2 Å². The molecule has 0 saturated heterocycles. The number of benzene rings is 1. The molecule has 1 fully saturated rings. The largest absolute Gasteiger partial charge is 0.493 e. The normalized spacial score (nSPS) is 15.5. The van der Waals surface area contributed by atoms with Gasteiger partial charge in [-0.15, -0.1) is 0 Å². The number of methoxy groups -OCH3 is 2. The van der Waals surface area contributed by atoms with E-state index in [0.29, 0.717) is 5.41 Å². The smallest absolute Gasteiger partial charge is 0.191 e. The van der Waals surface area contributed by atoms with Gasteiger partial charge in [0.25, 0.3) is 0 Å². The van der Waals surface area contributed by atoms with Crippen LogP contribution in [0.2, 0.25) is 0 Å². The van der Waals surface area contributed by atoms with Gasteiger partial charge >= 0.3 is 0 Å². The van der Waals surface area contributed by atoms with E-state index in [2.05, 4.69) is 21.7 Å². The molecule has 0 heterocycles. The van der Waals surface area contributed by atoms with E-state index in [0.717, 1.165) is 56.6 Å². The number of hydrogen-bond acceptors (Lipinski definition) is 4. The average Bonchev–Trinajstić information content (AvgIpc) is 3.44. The summed E-state index contributed by atoms with van der Waals surface area (Å²) >= 11 is 0. The lowest BCUT2D eigenvalue weighted by molar-refractivity contribution is 0.128. The van der Waals surface area contributed by atoms with Gasteiger partial charge in [-0.2, -0.15) is 0 Å². The van der Waals surface area contributed by atoms with Crippen LogP contribution in [0.4, 0.5) is 0 Å². The Labute approximate surface area is 157 Å². The molecule has 1 aromatic rings. The summed E-state index contributed by atoms with van der Waals surface area (Å²) in [6, 6.07) is 6.02. The standard InChI is InChI=1S/C20H33N3O3/c1-5-26-13-11-20(9-10-20)15-23-19(21-2)22-12-8-16-6-7-17(24-3)18(14-16)25-4/h6-7,14H,5,8-13,15H2,1-4H3,(H2,21,22,23). The van der Waals surface area contributed by atoms with Gasteiger partial charge in [-0.25, -0.2) is 0 Å². The monoisotopic (exact) mass is 363 g/mol. The first-order valence-corrected chi connectivity index (χ1v) is 9.39. The van der Waals surface area contributed by atoms with Crippen LogP contribution in [0.25, 0.3) is 0 Å². The molecule has 0 amide bonds. The zero-order chi connectivity index (χ0) is 18.8. The molecule has 6 heteroatoms. The molecule has 1 aliphatic rings. The summed E-state index contributed by atoms with van der Waals surface area (Å²) < 4.78 is 16.1. The molecule has 0 spiro atoms. The van der Waals surface area contributed by atoms with Crippen LogP contribution in [0.15, 0.2) is 23.2 Å². The van der Waals surface area contributed by atoms with Crippen molar-refractivity contribution in [1.82, 2.24) is 10.6 Å². The van der Waals surface area contributed by atoms with E-state index in [1.165, 1.54) is 18.4 Å². The Morgan fingerprint density at radius 1 is 1.15 bits per heavy atom. The highest BCUT2D eigenvalue weighted by atomic mass is 16.5. The minimum Gasteiger partial charge on any atom is -0.493 e. The molecule has 1 aliphatic carbocycles. The maximum atomic E-state index is 5.50. The van der Waals surface area contributed by atoms with Gasteiger partial charge in [-0.1, -0.05) is 6.07 Å². The fraction of sp³-hybridized carbons (Fsp3) is 0.650. The number of nitrogens with zero attached hydrogens (tertiary/aromatic N) is 1. The van der Waals surface area contributed by atoms with Crippen molar-refractivity contribution in [2.75, 3.05) is 47.6 Å². The van der Waals surface area contributed by atoms with Crippen molar-refractivity contribution in [3.63, 3.8) is 0 Å². The van der Waals surface area contributed by atoms with Gasteiger partial charge in [0.1, 0.15) is 0 Å². The molecule has 26 heavy (non-hydrogen) atoms. The van der Waals surface area contributed by atoms with Gasteiger partial charge in [-0.3, -0.25) is 4.99 Å². The predicted molar refractivity (Wildman–Crippen MR) is 105 cm³/mol. The first kappa shape index (κ1) is 20.4. The Bertz CT molecular complexity index is 586.